The number of aliphatic hydroxyl groups is 1. The van der Waals surface area contributed by atoms with Gasteiger partial charge < -0.3 is 14.8 Å². The molecule has 1 unspecified atom stereocenters. The molecule has 0 aliphatic carbocycles. The van der Waals surface area contributed by atoms with Crippen LogP contribution in [-0.2, 0) is 6.54 Å². The molecule has 5 heteroatoms. The second-order valence-electron chi connectivity index (χ2n) is 3.90. The molecule has 0 aliphatic rings. The van der Waals surface area contributed by atoms with Crippen molar-refractivity contribution < 1.29 is 13.9 Å². The van der Waals surface area contributed by atoms with Gasteiger partial charge in [-0.25, -0.2) is 4.39 Å². The van der Waals surface area contributed by atoms with Crippen LogP contribution in [0.4, 0.5) is 4.39 Å². The highest BCUT2D eigenvalue weighted by atomic mass is 79.9. The maximum atomic E-state index is 13.0. The lowest BCUT2D eigenvalue weighted by atomic mass is 10.2. The van der Waals surface area contributed by atoms with Gasteiger partial charge in [0.1, 0.15) is 17.7 Å². The Labute approximate surface area is 113 Å². The first-order valence-corrected chi connectivity index (χ1v) is 6.32. The third-order valence-corrected chi connectivity index (χ3v) is 3.31. The van der Waals surface area contributed by atoms with Gasteiger partial charge in [-0.15, -0.1) is 0 Å². The summed E-state index contributed by atoms with van der Waals surface area (Å²) < 4.78 is 19.0. The monoisotopic (exact) mass is 313 g/mol. The van der Waals surface area contributed by atoms with E-state index in [4.69, 9.17) is 4.42 Å². The third-order valence-electron chi connectivity index (χ3n) is 2.53. The van der Waals surface area contributed by atoms with E-state index < -0.39 is 6.10 Å². The normalized spacial score (nSPS) is 12.6. The minimum Gasteiger partial charge on any atom is -0.467 e. The SMILES string of the molecule is OC(CNCc1cc(F)ccc1Br)c1ccco1. The fraction of sp³-hybridized carbons (Fsp3) is 0.231. The van der Waals surface area contributed by atoms with Gasteiger partial charge in [-0.05, 0) is 35.9 Å². The molecule has 96 valence electrons. The molecule has 1 atom stereocenters. The second-order valence-corrected chi connectivity index (χ2v) is 4.75. The zero-order valence-corrected chi connectivity index (χ0v) is 11.2. The first-order chi connectivity index (χ1) is 8.66. The Balaban J connectivity index is 1.87. The van der Waals surface area contributed by atoms with E-state index in [0.29, 0.717) is 18.8 Å². The highest BCUT2D eigenvalue weighted by Gasteiger charge is 2.10. The smallest absolute Gasteiger partial charge is 0.133 e. The minimum atomic E-state index is -0.702. The van der Waals surface area contributed by atoms with Crippen molar-refractivity contribution in [3.63, 3.8) is 0 Å². The van der Waals surface area contributed by atoms with E-state index in [1.807, 2.05) is 0 Å². The molecule has 0 bridgehead atoms. The standard InChI is InChI=1S/C13H13BrFNO2/c14-11-4-3-10(15)6-9(11)7-16-8-12(17)13-2-1-5-18-13/h1-6,12,16-17H,7-8H2. The van der Waals surface area contributed by atoms with Crippen LogP contribution in [0, 0.1) is 5.82 Å². The average Bonchev–Trinajstić information content (AvgIpc) is 2.87. The Morgan fingerprint density at radius 1 is 1.39 bits per heavy atom. The van der Waals surface area contributed by atoms with Crippen molar-refractivity contribution in [2.45, 2.75) is 12.6 Å². The molecule has 3 nitrogen and oxygen atoms in total. The Kier molecular flexibility index (Phi) is 4.52. The molecule has 0 saturated carbocycles. The number of aliphatic hydroxyl groups excluding tert-OH is 1. The summed E-state index contributed by atoms with van der Waals surface area (Å²) in [6.07, 6.45) is 0.814. The van der Waals surface area contributed by atoms with E-state index in [9.17, 15) is 9.50 Å². The molecule has 1 aromatic heterocycles. The molecule has 0 amide bonds. The van der Waals surface area contributed by atoms with Crippen LogP contribution in [0.1, 0.15) is 17.4 Å². The van der Waals surface area contributed by atoms with Gasteiger partial charge in [0.05, 0.1) is 6.26 Å². The molecular weight excluding hydrogens is 301 g/mol. The van der Waals surface area contributed by atoms with Crippen LogP contribution in [0.25, 0.3) is 0 Å². The highest BCUT2D eigenvalue weighted by Crippen LogP contribution is 2.18. The molecule has 1 aromatic carbocycles. The number of rotatable bonds is 5. The lowest BCUT2D eigenvalue weighted by molar-refractivity contribution is 0.147. The topological polar surface area (TPSA) is 45.4 Å². The van der Waals surface area contributed by atoms with Gasteiger partial charge in [-0.1, -0.05) is 15.9 Å². The summed E-state index contributed by atoms with van der Waals surface area (Å²) in [5, 5.41) is 12.8. The Bertz CT molecular complexity index is 502. The molecule has 2 N–H and O–H groups in total. The number of benzene rings is 1. The van der Waals surface area contributed by atoms with Crippen molar-refractivity contribution in [3.8, 4) is 0 Å². The number of halogens is 2. The summed E-state index contributed by atoms with van der Waals surface area (Å²) in [6, 6.07) is 7.95. The van der Waals surface area contributed by atoms with Crippen molar-refractivity contribution in [2.75, 3.05) is 6.54 Å². The molecule has 2 rings (SSSR count). The Morgan fingerprint density at radius 2 is 2.22 bits per heavy atom. The fourth-order valence-corrected chi connectivity index (χ4v) is 1.99. The van der Waals surface area contributed by atoms with Gasteiger partial charge in [0.2, 0.25) is 0 Å². The fourth-order valence-electron chi connectivity index (χ4n) is 1.60. The predicted molar refractivity (Wildman–Crippen MR) is 69.5 cm³/mol. The van der Waals surface area contributed by atoms with Crippen LogP contribution in [0.2, 0.25) is 0 Å². The molecule has 0 aliphatic heterocycles. The van der Waals surface area contributed by atoms with Gasteiger partial charge in [-0.3, -0.25) is 0 Å². The highest BCUT2D eigenvalue weighted by molar-refractivity contribution is 9.10. The zero-order chi connectivity index (χ0) is 13.0. The van der Waals surface area contributed by atoms with Crippen molar-refractivity contribution in [1.82, 2.24) is 5.32 Å². The lowest BCUT2D eigenvalue weighted by Crippen LogP contribution is -2.21. The number of nitrogens with one attached hydrogen (secondary N) is 1. The largest absolute Gasteiger partial charge is 0.467 e. The number of hydrogen-bond donors (Lipinski definition) is 2. The van der Waals surface area contributed by atoms with Gasteiger partial charge in [0.25, 0.3) is 0 Å². The van der Waals surface area contributed by atoms with Crippen LogP contribution >= 0.6 is 15.9 Å². The average molecular weight is 314 g/mol. The van der Waals surface area contributed by atoms with Crippen molar-refractivity contribution >= 4 is 15.9 Å². The Morgan fingerprint density at radius 3 is 2.94 bits per heavy atom. The van der Waals surface area contributed by atoms with Crippen LogP contribution in [0.15, 0.2) is 45.5 Å². The van der Waals surface area contributed by atoms with E-state index in [-0.39, 0.29) is 5.82 Å². The lowest BCUT2D eigenvalue weighted by Gasteiger charge is -2.10. The summed E-state index contributed by atoms with van der Waals surface area (Å²) in [5.41, 5.74) is 0.807. The molecule has 0 spiro atoms. The van der Waals surface area contributed by atoms with Crippen molar-refractivity contribution in [2.24, 2.45) is 0 Å². The van der Waals surface area contributed by atoms with Crippen LogP contribution < -0.4 is 5.32 Å². The van der Waals surface area contributed by atoms with Gasteiger partial charge in [-0.2, -0.15) is 0 Å². The summed E-state index contributed by atoms with van der Waals surface area (Å²) >= 11 is 3.35. The quantitative estimate of drug-likeness (QED) is 0.892. The van der Waals surface area contributed by atoms with E-state index in [2.05, 4.69) is 21.2 Å². The van der Waals surface area contributed by atoms with Gasteiger partial charge in [0, 0.05) is 17.6 Å². The summed E-state index contributed by atoms with van der Waals surface area (Å²) in [6.45, 7) is 0.812. The number of hydrogen-bond acceptors (Lipinski definition) is 3. The maximum absolute atomic E-state index is 13.0. The van der Waals surface area contributed by atoms with Crippen molar-refractivity contribution in [1.29, 1.82) is 0 Å². The third kappa shape index (κ3) is 3.41. The van der Waals surface area contributed by atoms with Crippen LogP contribution in [0.3, 0.4) is 0 Å². The molecule has 0 fully saturated rings. The van der Waals surface area contributed by atoms with Crippen molar-refractivity contribution in [3.05, 3.63) is 58.2 Å². The molecule has 2 aromatic rings. The molecule has 0 radical (unpaired) electrons. The molecule has 1 heterocycles. The summed E-state index contributed by atoms with van der Waals surface area (Å²) in [7, 11) is 0. The number of furan rings is 1. The van der Waals surface area contributed by atoms with E-state index >= 15 is 0 Å². The minimum absolute atomic E-state index is 0.276. The van der Waals surface area contributed by atoms with Gasteiger partial charge in [0.15, 0.2) is 0 Å². The first-order valence-electron chi connectivity index (χ1n) is 5.53. The van der Waals surface area contributed by atoms with Crippen LogP contribution in [0.5, 0.6) is 0 Å². The predicted octanol–water partition coefficient (Wildman–Crippen LogP) is 3.00. The van der Waals surface area contributed by atoms with E-state index in [1.165, 1.54) is 18.4 Å². The first kappa shape index (κ1) is 13.3. The molecule has 18 heavy (non-hydrogen) atoms. The Hall–Kier alpha value is -1.17. The van der Waals surface area contributed by atoms with E-state index in [1.54, 1.807) is 18.2 Å². The second kappa shape index (κ2) is 6.13. The van der Waals surface area contributed by atoms with Crippen LogP contribution in [-0.4, -0.2) is 11.7 Å². The summed E-state index contributed by atoms with van der Waals surface area (Å²) in [4.78, 5) is 0. The summed E-state index contributed by atoms with van der Waals surface area (Å²) in [5.74, 6) is 0.238. The van der Waals surface area contributed by atoms with Gasteiger partial charge >= 0.3 is 0 Å². The zero-order valence-electron chi connectivity index (χ0n) is 9.57. The van der Waals surface area contributed by atoms with E-state index in [0.717, 1.165) is 10.0 Å². The molecular formula is C13H13BrFNO2. The maximum Gasteiger partial charge on any atom is 0.133 e. The molecule has 0 saturated heterocycles.